The quantitative estimate of drug-likeness (QED) is 0.170. The molecular weight excluding hydrogens is 749 g/mol. The highest BCUT2D eigenvalue weighted by Gasteiger charge is 2.24. The van der Waals surface area contributed by atoms with Crippen molar-refractivity contribution < 1.29 is 0 Å². The maximum Gasteiger partial charge on any atom is 0.235 e. The Hall–Kier alpha value is -7.34. The molecule has 11 aromatic rings. The van der Waals surface area contributed by atoms with E-state index in [0.717, 1.165) is 57.6 Å². The van der Waals surface area contributed by atoms with E-state index in [-0.39, 0.29) is 0 Å². The molecular formula is C55H38N4S. The van der Waals surface area contributed by atoms with Crippen LogP contribution in [0.4, 0.5) is 0 Å². The highest BCUT2D eigenvalue weighted by atomic mass is 32.1. The molecule has 0 radical (unpaired) electrons. The van der Waals surface area contributed by atoms with Gasteiger partial charge in [-0.1, -0.05) is 152 Å². The molecule has 3 aromatic heterocycles. The van der Waals surface area contributed by atoms with Gasteiger partial charge in [-0.2, -0.15) is 0 Å². The lowest BCUT2D eigenvalue weighted by atomic mass is 9.98. The summed E-state index contributed by atoms with van der Waals surface area (Å²) in [4.78, 5) is 11.4. The molecule has 0 fully saturated rings. The topological polar surface area (TPSA) is 34.6 Å². The fourth-order valence-electron chi connectivity index (χ4n) is 9.36. The lowest BCUT2D eigenvalue weighted by Gasteiger charge is -2.18. The smallest absolute Gasteiger partial charge is 0.235 e. The van der Waals surface area contributed by atoms with Gasteiger partial charge in [-0.15, -0.1) is 11.3 Å². The number of aromatic nitrogens is 2. The molecule has 12 rings (SSSR count). The molecule has 0 unspecified atom stereocenters. The SMILES string of the molecule is C/C1=C(\c2ccccc2)N=C(n2c3ccccc3c3ccc4c5ccccc5n(-c5ccccc5)c4c32)N=C(c2ccc3c(c2)sc2cc(-c4ccccc4)ccc23)CC1. The number of para-hydroxylation sites is 3. The van der Waals surface area contributed by atoms with Crippen LogP contribution in [0.5, 0.6) is 0 Å². The van der Waals surface area contributed by atoms with Crippen LogP contribution >= 0.6 is 11.3 Å². The van der Waals surface area contributed by atoms with Gasteiger partial charge >= 0.3 is 0 Å². The molecule has 0 atom stereocenters. The van der Waals surface area contributed by atoms with Gasteiger partial charge in [-0.3, -0.25) is 4.57 Å². The number of thiophene rings is 1. The Labute approximate surface area is 351 Å². The minimum atomic E-state index is 0.662. The first-order valence-electron chi connectivity index (χ1n) is 20.6. The van der Waals surface area contributed by atoms with Crippen molar-refractivity contribution >= 4 is 92.5 Å². The van der Waals surface area contributed by atoms with Crippen molar-refractivity contribution in [1.82, 2.24) is 9.13 Å². The second-order valence-electron chi connectivity index (χ2n) is 15.8. The highest BCUT2D eigenvalue weighted by Crippen LogP contribution is 2.42. The Morgan fingerprint density at radius 2 is 0.933 bits per heavy atom. The molecule has 0 saturated carbocycles. The minimum absolute atomic E-state index is 0.662. The number of fused-ring (bicyclic) bond motifs is 10. The largest absolute Gasteiger partial charge is 0.307 e. The first kappa shape index (κ1) is 34.7. The molecule has 284 valence electrons. The third-order valence-corrected chi connectivity index (χ3v) is 13.3. The second kappa shape index (κ2) is 13.9. The Balaban J connectivity index is 1.14. The zero-order valence-electron chi connectivity index (χ0n) is 33.0. The Morgan fingerprint density at radius 3 is 1.60 bits per heavy atom. The van der Waals surface area contributed by atoms with Crippen LogP contribution in [0.1, 0.15) is 30.9 Å². The average Bonchev–Trinajstić information content (AvgIpc) is 3.96. The molecule has 0 N–H and O–H groups in total. The number of nitrogens with zero attached hydrogens (tertiary/aromatic N) is 4. The van der Waals surface area contributed by atoms with Crippen molar-refractivity contribution in [3.8, 4) is 16.8 Å². The molecule has 0 saturated heterocycles. The first-order valence-corrected chi connectivity index (χ1v) is 21.4. The van der Waals surface area contributed by atoms with Crippen LogP contribution in [-0.4, -0.2) is 20.8 Å². The zero-order chi connectivity index (χ0) is 39.7. The summed E-state index contributed by atoms with van der Waals surface area (Å²) in [5, 5.41) is 7.32. The van der Waals surface area contributed by atoms with Crippen LogP contribution in [0.2, 0.25) is 0 Å². The lowest BCUT2D eigenvalue weighted by Crippen LogP contribution is -2.16. The van der Waals surface area contributed by atoms with Gasteiger partial charge in [-0.05, 0) is 78.4 Å². The van der Waals surface area contributed by atoms with E-state index in [2.05, 4.69) is 204 Å². The van der Waals surface area contributed by atoms with Crippen molar-refractivity contribution in [2.24, 2.45) is 9.98 Å². The van der Waals surface area contributed by atoms with E-state index in [1.807, 2.05) is 11.3 Å². The van der Waals surface area contributed by atoms with Gasteiger partial charge < -0.3 is 4.57 Å². The predicted molar refractivity (Wildman–Crippen MR) is 256 cm³/mol. The fourth-order valence-corrected chi connectivity index (χ4v) is 10.5. The maximum absolute atomic E-state index is 5.73. The molecule has 0 spiro atoms. The summed E-state index contributed by atoms with van der Waals surface area (Å²) >= 11 is 1.86. The Morgan fingerprint density at radius 1 is 0.417 bits per heavy atom. The van der Waals surface area contributed by atoms with Gasteiger partial charge in [0.15, 0.2) is 0 Å². The molecule has 4 nitrogen and oxygen atoms in total. The number of allylic oxidation sites excluding steroid dienone is 1. The summed E-state index contributed by atoms with van der Waals surface area (Å²) < 4.78 is 7.32. The zero-order valence-corrected chi connectivity index (χ0v) is 33.8. The van der Waals surface area contributed by atoms with Crippen LogP contribution < -0.4 is 0 Å². The van der Waals surface area contributed by atoms with E-state index in [4.69, 9.17) is 9.98 Å². The molecule has 1 aliphatic heterocycles. The number of hydrogen-bond donors (Lipinski definition) is 0. The van der Waals surface area contributed by atoms with E-state index < -0.39 is 0 Å². The van der Waals surface area contributed by atoms with E-state index >= 15 is 0 Å². The van der Waals surface area contributed by atoms with E-state index in [0.29, 0.717) is 5.96 Å². The van der Waals surface area contributed by atoms with Gasteiger partial charge in [0.2, 0.25) is 5.96 Å². The van der Waals surface area contributed by atoms with E-state index in [1.54, 1.807) is 0 Å². The summed E-state index contributed by atoms with van der Waals surface area (Å²) in [6.07, 6.45) is 1.64. The summed E-state index contributed by atoms with van der Waals surface area (Å²) in [6.45, 7) is 2.24. The van der Waals surface area contributed by atoms with Crippen LogP contribution in [0.15, 0.2) is 204 Å². The van der Waals surface area contributed by atoms with Crippen LogP contribution in [0, 0.1) is 0 Å². The minimum Gasteiger partial charge on any atom is -0.307 e. The van der Waals surface area contributed by atoms with Gasteiger partial charge in [0, 0.05) is 53.0 Å². The van der Waals surface area contributed by atoms with Crippen LogP contribution in [-0.2, 0) is 0 Å². The Kier molecular flexibility index (Phi) is 8.03. The summed E-state index contributed by atoms with van der Waals surface area (Å²) in [6, 6.07) is 67.9. The van der Waals surface area contributed by atoms with Crippen LogP contribution in [0.25, 0.3) is 86.3 Å². The third-order valence-electron chi connectivity index (χ3n) is 12.2. The average molecular weight is 787 g/mol. The highest BCUT2D eigenvalue weighted by molar-refractivity contribution is 7.25. The van der Waals surface area contributed by atoms with Gasteiger partial charge in [-0.25, -0.2) is 9.98 Å². The third kappa shape index (κ3) is 5.50. The summed E-state index contributed by atoms with van der Waals surface area (Å²) in [7, 11) is 0. The van der Waals surface area contributed by atoms with Crippen LogP contribution in [0.3, 0.4) is 0 Å². The maximum atomic E-state index is 5.73. The summed E-state index contributed by atoms with van der Waals surface area (Å²) in [5.41, 5.74) is 13.5. The standard InChI is InChI=1S/C55H38N4S/c1-35-25-32-47(39-27-29-44-43-28-26-38(36-15-5-2-6-16-36)33-50(43)60-51(44)34-39)56-55(57-52(35)37-17-7-3-8-18-37)59-49-24-14-12-22-42(49)46-31-30-45-41-21-11-13-23-48(41)58(53(45)54(46)59)40-19-9-4-10-20-40/h2-24,26-31,33-34H,25,32H2,1H3/b52-35-,56-47?,57-55?. The molecule has 0 amide bonds. The molecule has 4 heterocycles. The molecule has 1 aliphatic rings. The lowest BCUT2D eigenvalue weighted by molar-refractivity contribution is 0.998. The summed E-state index contributed by atoms with van der Waals surface area (Å²) in [5.74, 6) is 0.662. The van der Waals surface area contributed by atoms with E-state index in [1.165, 1.54) is 63.9 Å². The number of hydrogen-bond acceptors (Lipinski definition) is 3. The van der Waals surface area contributed by atoms with Gasteiger partial charge in [0.1, 0.15) is 0 Å². The molecule has 60 heavy (non-hydrogen) atoms. The fraction of sp³-hybridized carbons (Fsp3) is 0.0545. The molecule has 8 aromatic carbocycles. The van der Waals surface area contributed by atoms with Crippen molar-refractivity contribution in [2.75, 3.05) is 0 Å². The molecule has 0 bridgehead atoms. The van der Waals surface area contributed by atoms with Crippen molar-refractivity contribution in [3.63, 3.8) is 0 Å². The molecule has 5 heteroatoms. The first-order chi connectivity index (χ1) is 29.7. The monoisotopic (exact) mass is 786 g/mol. The number of aliphatic imine (C=N–C) groups is 2. The van der Waals surface area contributed by atoms with Crippen molar-refractivity contribution in [2.45, 2.75) is 19.8 Å². The second-order valence-corrected chi connectivity index (χ2v) is 16.8. The van der Waals surface area contributed by atoms with Gasteiger partial charge in [0.05, 0.1) is 33.5 Å². The molecule has 0 aliphatic carbocycles. The van der Waals surface area contributed by atoms with Crippen molar-refractivity contribution in [3.05, 3.63) is 205 Å². The van der Waals surface area contributed by atoms with Crippen molar-refractivity contribution in [1.29, 1.82) is 0 Å². The van der Waals surface area contributed by atoms with Gasteiger partial charge in [0.25, 0.3) is 0 Å². The number of rotatable bonds is 4. The van der Waals surface area contributed by atoms with E-state index in [9.17, 15) is 0 Å². The number of benzene rings is 8. The Bertz CT molecular complexity index is 3580. The predicted octanol–water partition coefficient (Wildman–Crippen LogP) is 14.8. The normalized spacial score (nSPS) is 14.9.